The number of hydrogen-bond donors (Lipinski definition) is 0. The summed E-state index contributed by atoms with van der Waals surface area (Å²) >= 11 is 4.61. The highest BCUT2D eigenvalue weighted by molar-refractivity contribution is 7.80. The molecule has 67 valence electrons. The third-order valence-electron chi connectivity index (χ3n) is 1.35. The zero-order valence-corrected chi connectivity index (χ0v) is 6.98. The molecule has 0 saturated carbocycles. The lowest BCUT2D eigenvalue weighted by atomic mass is 10.3. The van der Waals surface area contributed by atoms with Gasteiger partial charge in [-0.3, -0.25) is 20.2 Å². The molecular formula is C6H3N2O4S. The molecule has 0 heterocycles. The Labute approximate surface area is 77.9 Å². The number of nitrogens with zero attached hydrogens (tertiary/aromatic N) is 2. The molecule has 6 nitrogen and oxygen atoms in total. The molecule has 1 aromatic rings. The van der Waals surface area contributed by atoms with E-state index in [1.807, 2.05) is 0 Å². The number of benzene rings is 1. The van der Waals surface area contributed by atoms with E-state index in [4.69, 9.17) is 0 Å². The molecule has 7 heteroatoms. The van der Waals surface area contributed by atoms with Crippen LogP contribution in [0.3, 0.4) is 0 Å². The Balaban J connectivity index is 3.27. The van der Waals surface area contributed by atoms with Gasteiger partial charge in [-0.1, -0.05) is 12.6 Å². The maximum atomic E-state index is 10.3. The Morgan fingerprint density at radius 2 is 1.77 bits per heavy atom. The zero-order valence-electron chi connectivity index (χ0n) is 6.17. The van der Waals surface area contributed by atoms with Crippen molar-refractivity contribution in [2.75, 3.05) is 0 Å². The molecule has 0 aromatic heterocycles. The number of hydrogen-bond acceptors (Lipinski definition) is 4. The van der Waals surface area contributed by atoms with Gasteiger partial charge in [0.2, 0.25) is 0 Å². The van der Waals surface area contributed by atoms with Crippen LogP contribution in [0.15, 0.2) is 23.1 Å². The topological polar surface area (TPSA) is 86.3 Å². The lowest BCUT2D eigenvalue weighted by Gasteiger charge is -1.94. The summed E-state index contributed by atoms with van der Waals surface area (Å²) in [6.07, 6.45) is 0. The second-order valence-corrected chi connectivity index (χ2v) is 2.61. The lowest BCUT2D eigenvalue weighted by Crippen LogP contribution is -1.93. The summed E-state index contributed by atoms with van der Waals surface area (Å²) in [7, 11) is 0. The van der Waals surface area contributed by atoms with Crippen LogP contribution < -0.4 is 0 Å². The van der Waals surface area contributed by atoms with Crippen LogP contribution in [-0.4, -0.2) is 9.85 Å². The first kappa shape index (κ1) is 9.33. The fourth-order valence-corrected chi connectivity index (χ4v) is 0.964. The molecule has 0 atom stereocenters. The van der Waals surface area contributed by atoms with Crippen molar-refractivity contribution in [1.82, 2.24) is 0 Å². The van der Waals surface area contributed by atoms with Crippen LogP contribution in [0.2, 0.25) is 0 Å². The van der Waals surface area contributed by atoms with Crippen LogP contribution >= 0.6 is 12.6 Å². The van der Waals surface area contributed by atoms with Gasteiger partial charge in [0.15, 0.2) is 0 Å². The van der Waals surface area contributed by atoms with Crippen molar-refractivity contribution in [2.24, 2.45) is 0 Å². The van der Waals surface area contributed by atoms with Crippen LogP contribution in [0.5, 0.6) is 0 Å². The maximum absolute atomic E-state index is 10.3. The monoisotopic (exact) mass is 199 g/mol. The predicted octanol–water partition coefficient (Wildman–Crippen LogP) is 2.06. The molecule has 0 spiro atoms. The summed E-state index contributed by atoms with van der Waals surface area (Å²) in [5.74, 6) is 0. The zero-order chi connectivity index (χ0) is 10.0. The second kappa shape index (κ2) is 3.31. The van der Waals surface area contributed by atoms with Crippen LogP contribution in [0.1, 0.15) is 0 Å². The van der Waals surface area contributed by atoms with Crippen molar-refractivity contribution in [3.8, 4) is 0 Å². The van der Waals surface area contributed by atoms with Gasteiger partial charge in [0.05, 0.1) is 15.9 Å². The van der Waals surface area contributed by atoms with E-state index in [0.717, 1.165) is 12.1 Å². The fraction of sp³-hybridized carbons (Fsp3) is 0. The summed E-state index contributed by atoms with van der Waals surface area (Å²) in [6.45, 7) is 0. The minimum absolute atomic E-state index is 0.00407. The minimum Gasteiger partial charge on any atom is -0.258 e. The van der Waals surface area contributed by atoms with E-state index in [9.17, 15) is 20.2 Å². The molecular weight excluding hydrogens is 196 g/mol. The van der Waals surface area contributed by atoms with Crippen molar-refractivity contribution >= 4 is 24.0 Å². The van der Waals surface area contributed by atoms with Gasteiger partial charge in [-0.2, -0.15) is 0 Å². The van der Waals surface area contributed by atoms with Crippen LogP contribution in [0.4, 0.5) is 11.4 Å². The highest BCUT2D eigenvalue weighted by Gasteiger charge is 2.17. The first-order valence-corrected chi connectivity index (χ1v) is 3.53. The minimum atomic E-state index is -0.741. The third-order valence-corrected chi connectivity index (χ3v) is 1.70. The van der Waals surface area contributed by atoms with Crippen molar-refractivity contribution in [3.05, 3.63) is 38.4 Å². The number of nitro groups is 2. The van der Waals surface area contributed by atoms with Crippen molar-refractivity contribution < 1.29 is 9.85 Å². The van der Waals surface area contributed by atoms with Gasteiger partial charge in [0.1, 0.15) is 4.90 Å². The van der Waals surface area contributed by atoms with Crippen molar-refractivity contribution in [3.63, 3.8) is 0 Å². The molecule has 0 saturated heterocycles. The Morgan fingerprint density at radius 1 is 1.15 bits per heavy atom. The maximum Gasteiger partial charge on any atom is 0.294 e. The Kier molecular flexibility index (Phi) is 2.38. The van der Waals surface area contributed by atoms with Crippen LogP contribution in [-0.2, 0) is 0 Å². The lowest BCUT2D eigenvalue weighted by molar-refractivity contribution is -0.395. The van der Waals surface area contributed by atoms with Crippen LogP contribution in [0, 0.1) is 20.2 Å². The Morgan fingerprint density at radius 3 is 2.23 bits per heavy atom. The SMILES string of the molecule is O=[N+]([O-])c1ccc([S])c([N+](=O)[O-])c1. The molecule has 0 aliphatic rings. The number of nitro benzene ring substituents is 2. The predicted molar refractivity (Wildman–Crippen MR) is 45.6 cm³/mol. The number of rotatable bonds is 2. The van der Waals surface area contributed by atoms with E-state index in [2.05, 4.69) is 12.6 Å². The van der Waals surface area contributed by atoms with E-state index in [0.29, 0.717) is 0 Å². The highest BCUT2D eigenvalue weighted by atomic mass is 32.1. The second-order valence-electron chi connectivity index (χ2n) is 2.17. The van der Waals surface area contributed by atoms with Gasteiger partial charge < -0.3 is 0 Å². The molecule has 1 radical (unpaired) electrons. The molecule has 0 fully saturated rings. The average molecular weight is 199 g/mol. The first-order valence-electron chi connectivity index (χ1n) is 3.12. The summed E-state index contributed by atoms with van der Waals surface area (Å²) in [5.41, 5.74) is -0.746. The highest BCUT2D eigenvalue weighted by Crippen LogP contribution is 2.26. The van der Waals surface area contributed by atoms with E-state index in [1.54, 1.807) is 0 Å². The van der Waals surface area contributed by atoms with Crippen LogP contribution in [0.25, 0.3) is 0 Å². The quantitative estimate of drug-likeness (QED) is 0.538. The molecule has 1 aromatic carbocycles. The Bertz CT molecular complexity index is 379. The fourth-order valence-electron chi connectivity index (χ4n) is 0.762. The van der Waals surface area contributed by atoms with Gasteiger partial charge in [-0.15, -0.1) is 0 Å². The van der Waals surface area contributed by atoms with Gasteiger partial charge in [0, 0.05) is 6.07 Å². The van der Waals surface area contributed by atoms with E-state index >= 15 is 0 Å². The van der Waals surface area contributed by atoms with Gasteiger partial charge in [0.25, 0.3) is 11.4 Å². The Hall–Kier alpha value is -1.76. The summed E-state index contributed by atoms with van der Waals surface area (Å²) in [4.78, 5) is 19.1. The molecule has 0 aliphatic carbocycles. The van der Waals surface area contributed by atoms with Gasteiger partial charge >= 0.3 is 0 Å². The standard InChI is InChI=1S/C6H3N2O4S/c9-7(10)4-1-2-6(13)5(3-4)8(11)12/h1-3H. The van der Waals surface area contributed by atoms with Crippen molar-refractivity contribution in [1.29, 1.82) is 0 Å². The summed E-state index contributed by atoms with van der Waals surface area (Å²) < 4.78 is 0. The molecule has 1 rings (SSSR count). The van der Waals surface area contributed by atoms with E-state index < -0.39 is 15.5 Å². The third kappa shape index (κ3) is 1.88. The van der Waals surface area contributed by atoms with Gasteiger partial charge in [-0.05, 0) is 6.07 Å². The molecule has 0 amide bonds. The molecule has 0 N–H and O–H groups in total. The van der Waals surface area contributed by atoms with E-state index in [1.165, 1.54) is 6.07 Å². The normalized spacial score (nSPS) is 9.54. The first-order chi connectivity index (χ1) is 6.02. The van der Waals surface area contributed by atoms with E-state index in [-0.39, 0.29) is 10.6 Å². The average Bonchev–Trinajstić information content (AvgIpc) is 2.04. The molecule has 0 bridgehead atoms. The largest absolute Gasteiger partial charge is 0.294 e. The number of non-ortho nitro benzene ring substituents is 1. The smallest absolute Gasteiger partial charge is 0.258 e. The summed E-state index contributed by atoms with van der Waals surface area (Å²) in [6, 6.07) is 3.16. The van der Waals surface area contributed by atoms with Crippen molar-refractivity contribution in [2.45, 2.75) is 4.90 Å². The van der Waals surface area contributed by atoms with Gasteiger partial charge in [-0.25, -0.2) is 0 Å². The molecule has 0 unspecified atom stereocenters. The molecule has 0 aliphatic heterocycles. The molecule has 13 heavy (non-hydrogen) atoms. The summed E-state index contributed by atoms with van der Waals surface area (Å²) in [5, 5.41) is 20.5.